The van der Waals surface area contributed by atoms with Crippen molar-refractivity contribution in [3.05, 3.63) is 53.4 Å². The minimum absolute atomic E-state index is 0.178. The smallest absolute Gasteiger partial charge is 0.263 e. The lowest BCUT2D eigenvalue weighted by atomic mass is 10.2. The van der Waals surface area contributed by atoms with Crippen molar-refractivity contribution in [3.8, 4) is 16.6 Å². The molecule has 9 heteroatoms. The Bertz CT molecular complexity index is 952. The summed E-state index contributed by atoms with van der Waals surface area (Å²) in [5, 5.41) is 15.4. The molecule has 3 rings (SSSR count). The lowest BCUT2D eigenvalue weighted by molar-refractivity contribution is 0.101. The summed E-state index contributed by atoms with van der Waals surface area (Å²) in [6.45, 7) is 0. The lowest BCUT2D eigenvalue weighted by Crippen LogP contribution is -2.15. The fourth-order valence-corrected chi connectivity index (χ4v) is 2.94. The van der Waals surface area contributed by atoms with Crippen LogP contribution in [0.5, 0.6) is 0 Å². The molecule has 3 aromatic rings. The summed E-state index contributed by atoms with van der Waals surface area (Å²) in [6, 6.07) is 6.70. The summed E-state index contributed by atoms with van der Waals surface area (Å²) in [5.41, 5.74) is 0.225. The van der Waals surface area contributed by atoms with Crippen molar-refractivity contribution >= 4 is 22.4 Å². The van der Waals surface area contributed by atoms with Crippen LogP contribution < -0.4 is 5.32 Å². The van der Waals surface area contributed by atoms with E-state index in [9.17, 15) is 13.6 Å². The second-order valence-electron chi connectivity index (χ2n) is 4.73. The summed E-state index contributed by atoms with van der Waals surface area (Å²) >= 11 is 1.10. The standard InChI is InChI=1S/C15H9F2N5OS/c1-22-11(5-8(6-18)21-22)12-7-19-15(24-12)20-14(23)13-9(16)3-2-4-10(13)17/h2-5,7H,1H3,(H,19,20,23). The molecule has 0 bridgehead atoms. The average Bonchev–Trinajstić information content (AvgIpc) is 3.13. The van der Waals surface area contributed by atoms with E-state index in [0.29, 0.717) is 10.6 Å². The van der Waals surface area contributed by atoms with Gasteiger partial charge in [0.15, 0.2) is 10.8 Å². The molecular formula is C15H9F2N5OS. The summed E-state index contributed by atoms with van der Waals surface area (Å²) in [5.74, 6) is -2.82. The number of thiazole rings is 1. The average molecular weight is 345 g/mol. The van der Waals surface area contributed by atoms with E-state index in [4.69, 9.17) is 5.26 Å². The minimum atomic E-state index is -0.949. The number of aromatic nitrogens is 3. The van der Waals surface area contributed by atoms with Crippen LogP contribution in [-0.2, 0) is 7.05 Å². The van der Waals surface area contributed by atoms with Crippen LogP contribution in [0, 0.1) is 23.0 Å². The number of rotatable bonds is 3. The van der Waals surface area contributed by atoms with Crippen molar-refractivity contribution < 1.29 is 13.6 Å². The van der Waals surface area contributed by atoms with Crippen LogP contribution in [-0.4, -0.2) is 20.7 Å². The van der Waals surface area contributed by atoms with Gasteiger partial charge < -0.3 is 0 Å². The van der Waals surface area contributed by atoms with Crippen molar-refractivity contribution in [1.29, 1.82) is 5.26 Å². The van der Waals surface area contributed by atoms with Crippen LogP contribution in [0.15, 0.2) is 30.5 Å². The van der Waals surface area contributed by atoms with E-state index in [0.717, 1.165) is 23.5 Å². The Morgan fingerprint density at radius 1 is 1.38 bits per heavy atom. The lowest BCUT2D eigenvalue weighted by Gasteiger charge is -2.04. The SMILES string of the molecule is Cn1nc(C#N)cc1-c1cnc(NC(=O)c2c(F)cccc2F)s1. The van der Waals surface area contributed by atoms with Gasteiger partial charge in [-0.25, -0.2) is 13.8 Å². The number of aryl methyl sites for hydroxylation is 1. The van der Waals surface area contributed by atoms with Gasteiger partial charge in [-0.3, -0.25) is 14.8 Å². The molecule has 1 N–H and O–H groups in total. The third kappa shape index (κ3) is 2.87. The normalized spacial score (nSPS) is 10.4. The number of nitriles is 1. The van der Waals surface area contributed by atoms with Gasteiger partial charge in [-0.2, -0.15) is 10.4 Å². The fraction of sp³-hybridized carbons (Fsp3) is 0.0667. The molecule has 0 saturated carbocycles. The number of hydrogen-bond acceptors (Lipinski definition) is 5. The second kappa shape index (κ2) is 6.17. The molecule has 2 heterocycles. The molecule has 0 aliphatic rings. The summed E-state index contributed by atoms with van der Waals surface area (Å²) in [7, 11) is 1.67. The monoisotopic (exact) mass is 345 g/mol. The van der Waals surface area contributed by atoms with Crippen LogP contribution in [0.3, 0.4) is 0 Å². The number of halogens is 2. The van der Waals surface area contributed by atoms with E-state index in [-0.39, 0.29) is 10.8 Å². The van der Waals surface area contributed by atoms with Crippen LogP contribution in [0.4, 0.5) is 13.9 Å². The van der Waals surface area contributed by atoms with Crippen LogP contribution in [0.2, 0.25) is 0 Å². The molecule has 2 aromatic heterocycles. The number of nitrogens with one attached hydrogen (secondary N) is 1. The molecule has 0 radical (unpaired) electrons. The number of carbonyl (C=O) groups excluding carboxylic acids is 1. The molecule has 0 spiro atoms. The molecule has 0 saturated heterocycles. The highest BCUT2D eigenvalue weighted by molar-refractivity contribution is 7.19. The number of hydrogen-bond donors (Lipinski definition) is 1. The number of carbonyl (C=O) groups is 1. The Kier molecular flexibility index (Phi) is 4.05. The van der Waals surface area contributed by atoms with E-state index in [1.54, 1.807) is 13.1 Å². The molecule has 1 amide bonds. The number of nitrogens with zero attached hydrogens (tertiary/aromatic N) is 4. The Morgan fingerprint density at radius 3 is 2.71 bits per heavy atom. The zero-order valence-corrected chi connectivity index (χ0v) is 13.1. The van der Waals surface area contributed by atoms with Gasteiger partial charge in [0.05, 0.1) is 10.6 Å². The van der Waals surface area contributed by atoms with E-state index in [1.807, 2.05) is 6.07 Å². The Balaban J connectivity index is 1.85. The van der Waals surface area contributed by atoms with Gasteiger partial charge in [0.25, 0.3) is 5.91 Å². The third-order valence-corrected chi connectivity index (χ3v) is 4.10. The quantitative estimate of drug-likeness (QED) is 0.791. The van der Waals surface area contributed by atoms with E-state index in [1.165, 1.54) is 16.9 Å². The third-order valence-electron chi connectivity index (χ3n) is 3.16. The van der Waals surface area contributed by atoms with Crippen molar-refractivity contribution in [3.63, 3.8) is 0 Å². The molecule has 0 aliphatic heterocycles. The van der Waals surface area contributed by atoms with E-state index in [2.05, 4.69) is 15.4 Å². The first kappa shape index (κ1) is 15.8. The Morgan fingerprint density at radius 2 is 2.08 bits per heavy atom. The molecule has 6 nitrogen and oxygen atoms in total. The van der Waals surface area contributed by atoms with Crippen molar-refractivity contribution in [1.82, 2.24) is 14.8 Å². The molecular weight excluding hydrogens is 336 g/mol. The highest BCUT2D eigenvalue weighted by Gasteiger charge is 2.19. The molecule has 0 fully saturated rings. The molecule has 0 unspecified atom stereocenters. The van der Waals surface area contributed by atoms with Gasteiger partial charge in [-0.1, -0.05) is 17.4 Å². The molecule has 1 aromatic carbocycles. The first-order valence-electron chi connectivity index (χ1n) is 6.65. The van der Waals surface area contributed by atoms with Crippen molar-refractivity contribution in [2.24, 2.45) is 7.05 Å². The minimum Gasteiger partial charge on any atom is -0.298 e. The number of anilines is 1. The maximum atomic E-state index is 13.6. The molecule has 0 atom stereocenters. The predicted octanol–water partition coefficient (Wildman–Crippen LogP) is 2.95. The van der Waals surface area contributed by atoms with Gasteiger partial charge in [0.2, 0.25) is 0 Å². The first-order chi connectivity index (χ1) is 11.5. The van der Waals surface area contributed by atoms with Gasteiger partial charge in [0.1, 0.15) is 23.3 Å². The highest BCUT2D eigenvalue weighted by Crippen LogP contribution is 2.29. The number of benzene rings is 1. The van der Waals surface area contributed by atoms with Gasteiger partial charge in [-0.15, -0.1) is 0 Å². The first-order valence-corrected chi connectivity index (χ1v) is 7.47. The maximum absolute atomic E-state index is 13.6. The summed E-state index contributed by atoms with van der Waals surface area (Å²) in [4.78, 5) is 16.7. The predicted molar refractivity (Wildman–Crippen MR) is 83.3 cm³/mol. The van der Waals surface area contributed by atoms with Gasteiger partial charge in [-0.05, 0) is 12.1 Å². The zero-order valence-electron chi connectivity index (χ0n) is 12.2. The van der Waals surface area contributed by atoms with Crippen LogP contribution in [0.1, 0.15) is 16.1 Å². The summed E-state index contributed by atoms with van der Waals surface area (Å²) < 4.78 is 28.7. The largest absolute Gasteiger partial charge is 0.298 e. The summed E-state index contributed by atoms with van der Waals surface area (Å²) in [6.07, 6.45) is 1.48. The molecule has 120 valence electrons. The fourth-order valence-electron chi connectivity index (χ4n) is 2.08. The van der Waals surface area contributed by atoms with E-state index >= 15 is 0 Å². The van der Waals surface area contributed by atoms with Crippen LogP contribution in [0.25, 0.3) is 10.6 Å². The highest BCUT2D eigenvalue weighted by atomic mass is 32.1. The number of amides is 1. The maximum Gasteiger partial charge on any atom is 0.263 e. The zero-order chi connectivity index (χ0) is 17.3. The Hall–Kier alpha value is -3.12. The van der Waals surface area contributed by atoms with Crippen LogP contribution >= 0.6 is 11.3 Å². The van der Waals surface area contributed by atoms with Gasteiger partial charge >= 0.3 is 0 Å². The second-order valence-corrected chi connectivity index (χ2v) is 5.76. The topological polar surface area (TPSA) is 83.6 Å². The van der Waals surface area contributed by atoms with E-state index < -0.39 is 23.1 Å². The van der Waals surface area contributed by atoms with Crippen molar-refractivity contribution in [2.45, 2.75) is 0 Å². The molecule has 0 aliphatic carbocycles. The molecule has 24 heavy (non-hydrogen) atoms. The van der Waals surface area contributed by atoms with Crippen molar-refractivity contribution in [2.75, 3.05) is 5.32 Å². The van der Waals surface area contributed by atoms with Gasteiger partial charge in [0, 0.05) is 19.3 Å². The Labute approximate surface area is 139 Å².